The fourth-order valence-electron chi connectivity index (χ4n) is 3.02. The quantitative estimate of drug-likeness (QED) is 0.336. The number of halogens is 1. The van der Waals surface area contributed by atoms with E-state index in [2.05, 4.69) is 29.0 Å². The molecule has 3 aromatic rings. The number of aromatic carboxylic acids is 1. The van der Waals surface area contributed by atoms with Crippen LogP contribution in [-0.2, 0) is 0 Å². The molecular weight excluding hydrogens is 391 g/mol. The van der Waals surface area contributed by atoms with E-state index in [0.29, 0.717) is 5.69 Å². The molecule has 1 atom stereocenters. The first-order valence-corrected chi connectivity index (χ1v) is 10.2. The minimum Gasteiger partial charge on any atom is -0.478 e. The molecule has 0 aliphatic carbocycles. The lowest BCUT2D eigenvalue weighted by Crippen LogP contribution is -1.99. The van der Waals surface area contributed by atoms with Crippen molar-refractivity contribution in [3.8, 4) is 11.8 Å². The van der Waals surface area contributed by atoms with Crippen LogP contribution in [0.25, 0.3) is 0 Å². The van der Waals surface area contributed by atoms with Crippen LogP contribution in [0.1, 0.15) is 59.3 Å². The molecule has 0 spiro atoms. The Morgan fingerprint density at radius 1 is 1.00 bits per heavy atom. The van der Waals surface area contributed by atoms with Crippen molar-refractivity contribution < 1.29 is 14.3 Å². The van der Waals surface area contributed by atoms with Crippen LogP contribution in [0.4, 0.5) is 10.1 Å². The molecule has 0 saturated carbocycles. The van der Waals surface area contributed by atoms with Crippen LogP contribution in [-0.4, -0.2) is 11.1 Å². The summed E-state index contributed by atoms with van der Waals surface area (Å²) in [5.41, 5.74) is 2.77. The predicted octanol–water partition coefficient (Wildman–Crippen LogP) is 6.94. The van der Waals surface area contributed by atoms with Gasteiger partial charge in [-0.25, -0.2) is 9.18 Å². The van der Waals surface area contributed by atoms with Crippen LogP contribution in [0.3, 0.4) is 0 Å². The second-order valence-corrected chi connectivity index (χ2v) is 7.08. The van der Waals surface area contributed by atoms with E-state index in [1.807, 2.05) is 54.6 Å². The number of unbranched alkanes of at least 4 members (excludes halogenated alkanes) is 1. The second kappa shape index (κ2) is 10.8. The molecule has 0 aliphatic rings. The van der Waals surface area contributed by atoms with E-state index in [1.54, 1.807) is 0 Å². The summed E-state index contributed by atoms with van der Waals surface area (Å²) in [7, 11) is 0. The molecule has 156 valence electrons. The fourth-order valence-corrected chi connectivity index (χ4v) is 3.02. The van der Waals surface area contributed by atoms with E-state index in [9.17, 15) is 9.18 Å². The summed E-state index contributed by atoms with van der Waals surface area (Å²) in [6.07, 6.45) is 2.80. The highest BCUT2D eigenvalue weighted by Crippen LogP contribution is 2.27. The fraction of sp³-hybridized carbons (Fsp3) is 0.192. The molecule has 3 rings (SSSR count). The Morgan fingerprint density at radius 2 is 1.68 bits per heavy atom. The van der Waals surface area contributed by atoms with E-state index < -0.39 is 17.3 Å². The van der Waals surface area contributed by atoms with Gasteiger partial charge in [0.05, 0.1) is 17.3 Å². The number of nitrogens with zero attached hydrogens (tertiary/aromatic N) is 2. The molecule has 3 aromatic carbocycles. The van der Waals surface area contributed by atoms with Crippen molar-refractivity contribution in [1.82, 2.24) is 0 Å². The number of carboxylic acids is 1. The third kappa shape index (κ3) is 6.35. The summed E-state index contributed by atoms with van der Waals surface area (Å²) in [5, 5.41) is 17.7. The van der Waals surface area contributed by atoms with Crippen LogP contribution >= 0.6 is 0 Å². The zero-order valence-electron chi connectivity index (χ0n) is 17.3. The summed E-state index contributed by atoms with van der Waals surface area (Å²) in [4.78, 5) is 11.1. The Morgan fingerprint density at radius 3 is 2.32 bits per heavy atom. The Bertz CT molecular complexity index is 1110. The van der Waals surface area contributed by atoms with Gasteiger partial charge < -0.3 is 5.11 Å². The van der Waals surface area contributed by atoms with Crippen molar-refractivity contribution in [2.45, 2.75) is 32.2 Å². The first-order valence-electron chi connectivity index (χ1n) is 10.2. The Kier molecular flexibility index (Phi) is 7.67. The monoisotopic (exact) mass is 414 g/mol. The van der Waals surface area contributed by atoms with E-state index in [1.165, 1.54) is 12.1 Å². The normalized spacial score (nSPS) is 11.7. The smallest absolute Gasteiger partial charge is 0.338 e. The number of hydrogen-bond donors (Lipinski definition) is 1. The first kappa shape index (κ1) is 21.9. The molecule has 0 bridgehead atoms. The van der Waals surface area contributed by atoms with Gasteiger partial charge in [-0.15, -0.1) is 0 Å². The van der Waals surface area contributed by atoms with Gasteiger partial charge in [-0.2, -0.15) is 10.2 Å². The molecule has 0 amide bonds. The van der Waals surface area contributed by atoms with Crippen LogP contribution in [0, 0.1) is 17.7 Å². The van der Waals surface area contributed by atoms with E-state index in [0.717, 1.165) is 42.0 Å². The molecule has 4 nitrogen and oxygen atoms in total. The summed E-state index contributed by atoms with van der Waals surface area (Å²) >= 11 is 0. The maximum Gasteiger partial charge on any atom is 0.338 e. The van der Waals surface area contributed by atoms with Gasteiger partial charge >= 0.3 is 5.97 Å². The molecule has 5 heteroatoms. The molecule has 0 saturated heterocycles. The van der Waals surface area contributed by atoms with Crippen molar-refractivity contribution in [2.75, 3.05) is 0 Å². The lowest BCUT2D eigenvalue weighted by atomic mass is 10.0. The summed E-state index contributed by atoms with van der Waals surface area (Å²) in [6.45, 7) is 2.11. The Balaban J connectivity index is 1.79. The van der Waals surface area contributed by atoms with Gasteiger partial charge in [-0.3, -0.25) is 0 Å². The van der Waals surface area contributed by atoms with Crippen LogP contribution < -0.4 is 0 Å². The van der Waals surface area contributed by atoms with Gasteiger partial charge in [0, 0.05) is 11.1 Å². The summed E-state index contributed by atoms with van der Waals surface area (Å²) < 4.78 is 13.6. The molecule has 1 unspecified atom stereocenters. The zero-order chi connectivity index (χ0) is 22.1. The van der Waals surface area contributed by atoms with Gasteiger partial charge in [0.25, 0.3) is 0 Å². The third-order valence-corrected chi connectivity index (χ3v) is 4.74. The molecule has 31 heavy (non-hydrogen) atoms. The number of hydrogen-bond acceptors (Lipinski definition) is 3. The first-order chi connectivity index (χ1) is 15.1. The number of azo groups is 1. The summed E-state index contributed by atoms with van der Waals surface area (Å²) in [6, 6.07) is 21.2. The number of rotatable bonds is 7. The standard InChI is InChI=1S/C26H23FN2O2/c1-2-3-9-25(29-28-22-16-17-24(27)23(18-22)26(30)31)21-14-12-20(13-15-21)11-10-19-7-5-4-6-8-19/h4-8,12-18,25H,2-3,9H2,1H3,(H,30,31). The van der Waals surface area contributed by atoms with Gasteiger partial charge in [0.1, 0.15) is 5.82 Å². The second-order valence-electron chi connectivity index (χ2n) is 7.08. The predicted molar refractivity (Wildman–Crippen MR) is 119 cm³/mol. The van der Waals surface area contributed by atoms with Crippen molar-refractivity contribution in [2.24, 2.45) is 10.2 Å². The van der Waals surface area contributed by atoms with Crippen molar-refractivity contribution in [3.05, 3.63) is 101 Å². The third-order valence-electron chi connectivity index (χ3n) is 4.74. The molecule has 0 fully saturated rings. The average Bonchev–Trinajstić information content (AvgIpc) is 2.79. The van der Waals surface area contributed by atoms with Gasteiger partial charge in [0.2, 0.25) is 0 Å². The molecule has 0 aromatic heterocycles. The molecule has 0 aliphatic heterocycles. The topological polar surface area (TPSA) is 62.0 Å². The molecule has 1 N–H and O–H groups in total. The maximum atomic E-state index is 13.6. The van der Waals surface area contributed by atoms with E-state index in [4.69, 9.17) is 5.11 Å². The van der Waals surface area contributed by atoms with Crippen LogP contribution in [0.5, 0.6) is 0 Å². The van der Waals surface area contributed by atoms with Gasteiger partial charge in [-0.1, -0.05) is 61.9 Å². The lowest BCUT2D eigenvalue weighted by Gasteiger charge is -2.11. The highest BCUT2D eigenvalue weighted by molar-refractivity contribution is 5.88. The highest BCUT2D eigenvalue weighted by atomic mass is 19.1. The number of carboxylic acid groups (broad SMARTS) is 1. The van der Waals surface area contributed by atoms with Crippen molar-refractivity contribution in [1.29, 1.82) is 0 Å². The Hall–Kier alpha value is -3.78. The average molecular weight is 414 g/mol. The van der Waals surface area contributed by atoms with Gasteiger partial charge in [-0.05, 0) is 54.4 Å². The molecule has 0 heterocycles. The molecule has 0 radical (unpaired) electrons. The molecular formula is C26H23FN2O2. The van der Waals surface area contributed by atoms with E-state index in [-0.39, 0.29) is 6.04 Å². The van der Waals surface area contributed by atoms with E-state index >= 15 is 0 Å². The highest BCUT2D eigenvalue weighted by Gasteiger charge is 2.12. The number of carbonyl (C=O) groups is 1. The minimum absolute atomic E-state index is 0.172. The van der Waals surface area contributed by atoms with Crippen molar-refractivity contribution in [3.63, 3.8) is 0 Å². The lowest BCUT2D eigenvalue weighted by molar-refractivity contribution is 0.0692. The van der Waals surface area contributed by atoms with Crippen LogP contribution in [0.2, 0.25) is 0 Å². The van der Waals surface area contributed by atoms with Crippen molar-refractivity contribution >= 4 is 11.7 Å². The zero-order valence-corrected chi connectivity index (χ0v) is 17.3. The van der Waals surface area contributed by atoms with Crippen LogP contribution in [0.15, 0.2) is 83.0 Å². The van der Waals surface area contributed by atoms with Gasteiger partial charge in [0.15, 0.2) is 0 Å². The largest absolute Gasteiger partial charge is 0.478 e. The Labute approximate surface area is 181 Å². The minimum atomic E-state index is -1.33. The SMILES string of the molecule is CCCCC(N=Nc1ccc(F)c(C(=O)O)c1)c1ccc(C#Cc2ccccc2)cc1. The number of benzene rings is 3. The summed E-state index contributed by atoms with van der Waals surface area (Å²) in [5.74, 6) is 4.17. The maximum absolute atomic E-state index is 13.6.